The average Bonchev–Trinajstić information content (AvgIpc) is 3.17. The zero-order valence-corrected chi connectivity index (χ0v) is 19.7. The number of amidine groups is 1. The normalized spacial score (nSPS) is 15.4. The fraction of sp³-hybridized carbons (Fsp3) is 0.111. The number of thioether (sulfide) groups is 1. The zero-order valence-electron chi connectivity index (χ0n) is 18.8. The van der Waals surface area contributed by atoms with E-state index in [-0.39, 0.29) is 18.1 Å². The summed E-state index contributed by atoms with van der Waals surface area (Å²) in [5.41, 5.74) is 3.00. The number of aliphatic imine (C=N–C) groups is 1. The lowest BCUT2D eigenvalue weighted by molar-refractivity contribution is -0.122. The number of nitrogens with zero attached hydrogens (tertiary/aromatic N) is 3. The van der Waals surface area contributed by atoms with E-state index in [2.05, 4.69) is 11.1 Å². The summed E-state index contributed by atoms with van der Waals surface area (Å²) in [5.74, 6) is -0.474. The van der Waals surface area contributed by atoms with Crippen LogP contribution in [-0.4, -0.2) is 33.6 Å². The molecule has 7 nitrogen and oxygen atoms in total. The maximum absolute atomic E-state index is 12.9. The lowest BCUT2D eigenvalue weighted by Crippen LogP contribution is -2.28. The molecule has 174 valence electrons. The van der Waals surface area contributed by atoms with Gasteiger partial charge in [-0.15, -0.1) is 0 Å². The summed E-state index contributed by atoms with van der Waals surface area (Å²) in [6.45, 7) is 2.63. The Bertz CT molecular complexity index is 1360. The van der Waals surface area contributed by atoms with Gasteiger partial charge in [0.15, 0.2) is 5.17 Å². The van der Waals surface area contributed by atoms with Gasteiger partial charge in [0, 0.05) is 12.1 Å². The molecule has 0 radical (unpaired) electrons. The van der Waals surface area contributed by atoms with Crippen molar-refractivity contribution in [3.63, 3.8) is 0 Å². The summed E-state index contributed by atoms with van der Waals surface area (Å²) < 4.78 is 5.81. The fourth-order valence-electron chi connectivity index (χ4n) is 3.39. The van der Waals surface area contributed by atoms with Gasteiger partial charge >= 0.3 is 5.97 Å². The van der Waals surface area contributed by atoms with Gasteiger partial charge in [-0.05, 0) is 72.8 Å². The van der Waals surface area contributed by atoms with E-state index in [9.17, 15) is 14.9 Å². The molecule has 0 aliphatic carbocycles. The van der Waals surface area contributed by atoms with Gasteiger partial charge in [0.05, 0.1) is 27.8 Å². The summed E-state index contributed by atoms with van der Waals surface area (Å²) in [5, 5.41) is 18.8. The van der Waals surface area contributed by atoms with E-state index in [1.807, 2.05) is 49.4 Å². The van der Waals surface area contributed by atoms with Crippen molar-refractivity contribution in [2.24, 2.45) is 4.99 Å². The maximum Gasteiger partial charge on any atom is 0.335 e. The summed E-state index contributed by atoms with van der Waals surface area (Å²) in [7, 11) is 0. The largest absolute Gasteiger partial charge is 0.489 e. The third kappa shape index (κ3) is 5.60. The van der Waals surface area contributed by atoms with Crippen molar-refractivity contribution in [3.05, 3.63) is 100.0 Å². The molecule has 1 aliphatic heterocycles. The Hall–Kier alpha value is -4.35. The molecular weight excluding hydrogens is 462 g/mol. The highest BCUT2D eigenvalue weighted by atomic mass is 32.2. The summed E-state index contributed by atoms with van der Waals surface area (Å²) in [6, 6.07) is 23.0. The van der Waals surface area contributed by atoms with Crippen LogP contribution in [0.3, 0.4) is 0 Å². The lowest BCUT2D eigenvalue weighted by Gasteiger charge is -2.12. The summed E-state index contributed by atoms with van der Waals surface area (Å²) >= 11 is 1.28. The minimum atomic E-state index is -1.00. The Kier molecular flexibility index (Phi) is 7.29. The van der Waals surface area contributed by atoms with Crippen molar-refractivity contribution in [2.75, 3.05) is 6.54 Å². The number of ether oxygens (including phenoxy) is 1. The summed E-state index contributed by atoms with van der Waals surface area (Å²) in [6.07, 6.45) is 1.81. The van der Waals surface area contributed by atoms with Crippen molar-refractivity contribution >= 4 is 40.6 Å². The molecule has 8 heteroatoms. The number of rotatable bonds is 7. The standard InChI is InChI=1S/C27H21N3O4S/c1-2-30-25(31)24(35-27(30)29-22-11-9-19(10-12-22)26(32)33)15-18-7-13-23(14-8-18)34-17-21-6-4-3-5-20(21)16-28/h3-15H,2,17H2,1H3,(H,32,33)/b24-15+,29-27?. The molecule has 0 atom stereocenters. The number of carboxylic acids is 1. The number of aromatic carboxylic acids is 1. The number of likely N-dealkylation sites (N-methyl/N-ethyl adjacent to an activating group) is 1. The number of amides is 1. The summed E-state index contributed by atoms with van der Waals surface area (Å²) in [4.78, 5) is 30.6. The number of carboxylic acid groups (broad SMARTS) is 1. The molecule has 1 N–H and O–H groups in total. The van der Waals surface area contributed by atoms with Crippen molar-refractivity contribution < 1.29 is 19.4 Å². The van der Waals surface area contributed by atoms with E-state index >= 15 is 0 Å². The van der Waals surface area contributed by atoms with Crippen molar-refractivity contribution in [1.82, 2.24) is 4.90 Å². The zero-order chi connectivity index (χ0) is 24.8. The van der Waals surface area contributed by atoms with Gasteiger partial charge in [-0.1, -0.05) is 30.3 Å². The molecule has 0 bridgehead atoms. The topological polar surface area (TPSA) is 103 Å². The lowest BCUT2D eigenvalue weighted by atomic mass is 10.1. The Labute approximate surface area is 207 Å². The fourth-order valence-corrected chi connectivity index (χ4v) is 4.45. The SMILES string of the molecule is CCN1C(=O)/C(=C\c2ccc(OCc3ccccc3C#N)cc2)SC1=Nc1ccc(C(=O)O)cc1. The number of hydrogen-bond donors (Lipinski definition) is 1. The smallest absolute Gasteiger partial charge is 0.335 e. The quantitative estimate of drug-likeness (QED) is 0.448. The van der Waals surface area contributed by atoms with E-state index in [0.29, 0.717) is 33.6 Å². The van der Waals surface area contributed by atoms with E-state index in [1.54, 1.807) is 29.2 Å². The molecule has 3 aromatic carbocycles. The van der Waals surface area contributed by atoms with Gasteiger partial charge in [0.2, 0.25) is 0 Å². The van der Waals surface area contributed by atoms with E-state index in [1.165, 1.54) is 23.9 Å². The first-order valence-electron chi connectivity index (χ1n) is 10.8. The maximum atomic E-state index is 12.9. The number of carbonyl (C=O) groups is 2. The van der Waals surface area contributed by atoms with Crippen molar-refractivity contribution in [1.29, 1.82) is 5.26 Å². The molecule has 0 saturated carbocycles. The molecule has 3 aromatic rings. The van der Waals surface area contributed by atoms with Gasteiger partial charge in [-0.3, -0.25) is 9.69 Å². The highest BCUT2D eigenvalue weighted by Gasteiger charge is 2.32. The Morgan fingerprint density at radius 3 is 2.49 bits per heavy atom. The molecule has 1 fully saturated rings. The first-order chi connectivity index (χ1) is 17.0. The van der Waals surface area contributed by atoms with Crippen LogP contribution in [0.5, 0.6) is 5.75 Å². The minimum absolute atomic E-state index is 0.133. The molecule has 0 spiro atoms. The van der Waals surface area contributed by atoms with Crippen LogP contribution in [0.4, 0.5) is 5.69 Å². The Morgan fingerprint density at radius 1 is 1.11 bits per heavy atom. The average molecular weight is 484 g/mol. The van der Waals surface area contributed by atoms with E-state index in [0.717, 1.165) is 11.1 Å². The monoisotopic (exact) mass is 483 g/mol. The molecule has 1 heterocycles. The van der Waals surface area contributed by atoms with Crippen molar-refractivity contribution in [2.45, 2.75) is 13.5 Å². The van der Waals surface area contributed by atoms with Crippen LogP contribution in [0.1, 0.15) is 34.0 Å². The molecule has 35 heavy (non-hydrogen) atoms. The molecule has 4 rings (SSSR count). The van der Waals surface area contributed by atoms with E-state index < -0.39 is 5.97 Å². The molecule has 0 aromatic heterocycles. The van der Waals surface area contributed by atoms with Gasteiger partial charge in [0.1, 0.15) is 12.4 Å². The number of carbonyl (C=O) groups excluding carboxylic acids is 1. The number of nitriles is 1. The predicted molar refractivity (Wildman–Crippen MR) is 135 cm³/mol. The molecule has 1 saturated heterocycles. The molecule has 1 amide bonds. The first-order valence-corrected chi connectivity index (χ1v) is 11.6. The van der Waals surface area contributed by atoms with Gasteiger partial charge in [-0.25, -0.2) is 9.79 Å². The number of hydrogen-bond acceptors (Lipinski definition) is 6. The third-order valence-corrected chi connectivity index (χ3v) is 6.26. The van der Waals surface area contributed by atoms with Crippen LogP contribution in [0.15, 0.2) is 82.7 Å². The van der Waals surface area contributed by atoms with Crippen molar-refractivity contribution in [3.8, 4) is 11.8 Å². The van der Waals surface area contributed by atoms with Gasteiger partial charge < -0.3 is 9.84 Å². The number of benzene rings is 3. The molecular formula is C27H21N3O4S. The van der Waals surface area contributed by atoms with Crippen LogP contribution < -0.4 is 4.74 Å². The highest BCUT2D eigenvalue weighted by Crippen LogP contribution is 2.34. The van der Waals surface area contributed by atoms with Crippen LogP contribution in [0.2, 0.25) is 0 Å². The Balaban J connectivity index is 1.47. The second kappa shape index (κ2) is 10.7. The minimum Gasteiger partial charge on any atom is -0.489 e. The van der Waals surface area contributed by atoms with Gasteiger partial charge in [0.25, 0.3) is 5.91 Å². The van der Waals surface area contributed by atoms with Crippen LogP contribution in [0, 0.1) is 11.3 Å². The predicted octanol–water partition coefficient (Wildman–Crippen LogP) is 5.46. The van der Waals surface area contributed by atoms with Crippen LogP contribution >= 0.6 is 11.8 Å². The van der Waals surface area contributed by atoms with Crippen LogP contribution in [0.25, 0.3) is 6.08 Å². The van der Waals surface area contributed by atoms with Crippen LogP contribution in [-0.2, 0) is 11.4 Å². The molecule has 1 aliphatic rings. The molecule has 0 unspecified atom stereocenters. The van der Waals surface area contributed by atoms with E-state index in [4.69, 9.17) is 9.84 Å². The first kappa shape index (κ1) is 23.8. The second-order valence-corrected chi connectivity index (χ2v) is 8.54. The van der Waals surface area contributed by atoms with Gasteiger partial charge in [-0.2, -0.15) is 5.26 Å². The Morgan fingerprint density at radius 2 is 1.83 bits per heavy atom. The third-order valence-electron chi connectivity index (χ3n) is 5.25. The highest BCUT2D eigenvalue weighted by molar-refractivity contribution is 8.18. The second-order valence-electron chi connectivity index (χ2n) is 7.53.